The van der Waals surface area contributed by atoms with Crippen molar-refractivity contribution in [1.82, 2.24) is 15.0 Å². The van der Waals surface area contributed by atoms with Crippen LogP contribution in [0.3, 0.4) is 0 Å². The lowest BCUT2D eigenvalue weighted by Gasteiger charge is -2.23. The molecule has 1 aliphatic heterocycles. The van der Waals surface area contributed by atoms with E-state index in [1.54, 1.807) is 11.2 Å². The highest BCUT2D eigenvalue weighted by Crippen LogP contribution is 2.29. The number of fused-ring (bicyclic) bond motifs is 3. The van der Waals surface area contributed by atoms with Crippen molar-refractivity contribution < 1.29 is 9.64 Å². The standard InChI is InChI=1S/C19H25N5O/c1-2-25-14-6-7-16-15(12-14)17-18(23-16)19(22-13-21-17)20-8-11-24-9-4-3-5-10-24/h6-7,12-13,23H,2-5,8-11H2,1H3,(H,20,21,22)/p+1. The molecule has 1 aliphatic rings. The highest BCUT2D eigenvalue weighted by molar-refractivity contribution is 6.08. The van der Waals surface area contributed by atoms with E-state index in [-0.39, 0.29) is 0 Å². The second kappa shape index (κ2) is 7.27. The predicted molar refractivity (Wildman–Crippen MR) is 100 cm³/mol. The molecule has 0 bridgehead atoms. The third-order valence-electron chi connectivity index (χ3n) is 5.00. The van der Waals surface area contributed by atoms with Gasteiger partial charge in [-0.2, -0.15) is 0 Å². The zero-order chi connectivity index (χ0) is 17.1. The van der Waals surface area contributed by atoms with Gasteiger partial charge in [-0.3, -0.25) is 0 Å². The molecule has 6 nitrogen and oxygen atoms in total. The first-order chi connectivity index (χ1) is 12.3. The van der Waals surface area contributed by atoms with Crippen molar-refractivity contribution >= 4 is 27.8 Å². The number of H-pyrrole nitrogens is 1. The van der Waals surface area contributed by atoms with Gasteiger partial charge < -0.3 is 19.9 Å². The molecule has 2 aromatic heterocycles. The molecule has 3 heterocycles. The lowest BCUT2D eigenvalue weighted by Crippen LogP contribution is -3.13. The number of piperidine rings is 1. The molecule has 0 saturated carbocycles. The summed E-state index contributed by atoms with van der Waals surface area (Å²) in [7, 11) is 0. The number of likely N-dealkylation sites (tertiary alicyclic amines) is 1. The van der Waals surface area contributed by atoms with E-state index < -0.39 is 0 Å². The van der Waals surface area contributed by atoms with Crippen molar-refractivity contribution in [3.63, 3.8) is 0 Å². The number of hydrogen-bond donors (Lipinski definition) is 3. The number of quaternary nitrogens is 1. The predicted octanol–water partition coefficient (Wildman–Crippen LogP) is 1.99. The molecule has 132 valence electrons. The van der Waals surface area contributed by atoms with Crippen molar-refractivity contribution in [3.8, 4) is 5.75 Å². The summed E-state index contributed by atoms with van der Waals surface area (Å²) in [5.74, 6) is 1.76. The lowest BCUT2D eigenvalue weighted by molar-refractivity contribution is -0.903. The van der Waals surface area contributed by atoms with Gasteiger partial charge in [-0.25, -0.2) is 9.97 Å². The van der Waals surface area contributed by atoms with E-state index in [4.69, 9.17) is 4.74 Å². The van der Waals surface area contributed by atoms with Crippen molar-refractivity contribution in [1.29, 1.82) is 0 Å². The molecule has 1 fully saturated rings. The largest absolute Gasteiger partial charge is 0.494 e. The maximum Gasteiger partial charge on any atom is 0.154 e. The Morgan fingerprint density at radius 3 is 2.92 bits per heavy atom. The Balaban J connectivity index is 1.55. The summed E-state index contributed by atoms with van der Waals surface area (Å²) in [6.07, 6.45) is 5.75. The maximum absolute atomic E-state index is 5.62. The number of nitrogens with one attached hydrogen (secondary N) is 3. The SMILES string of the molecule is CCOc1ccc2[nH]c3c(NCC[NH+]4CCCCC4)ncnc3c2c1. The van der Waals surface area contributed by atoms with Crippen LogP contribution in [0, 0.1) is 0 Å². The zero-order valence-corrected chi connectivity index (χ0v) is 14.8. The molecular weight excluding hydrogens is 314 g/mol. The first-order valence-electron chi connectivity index (χ1n) is 9.32. The molecular formula is C19H26N5O+. The van der Waals surface area contributed by atoms with Crippen LogP contribution in [0.2, 0.25) is 0 Å². The van der Waals surface area contributed by atoms with Crippen LogP contribution in [-0.4, -0.2) is 47.7 Å². The molecule has 0 unspecified atom stereocenters. The van der Waals surface area contributed by atoms with Crippen molar-refractivity contribution in [3.05, 3.63) is 24.5 Å². The zero-order valence-electron chi connectivity index (χ0n) is 14.8. The van der Waals surface area contributed by atoms with Gasteiger partial charge in [0.2, 0.25) is 0 Å². The van der Waals surface area contributed by atoms with Crippen molar-refractivity contribution in [2.24, 2.45) is 0 Å². The highest BCUT2D eigenvalue weighted by atomic mass is 16.5. The topological polar surface area (TPSA) is 67.3 Å². The molecule has 0 aliphatic carbocycles. The quantitative estimate of drug-likeness (QED) is 0.642. The van der Waals surface area contributed by atoms with E-state index in [0.717, 1.165) is 46.6 Å². The monoisotopic (exact) mass is 340 g/mol. The molecule has 1 saturated heterocycles. The van der Waals surface area contributed by atoms with Gasteiger partial charge in [0, 0.05) is 10.9 Å². The second-order valence-electron chi connectivity index (χ2n) is 6.70. The van der Waals surface area contributed by atoms with Gasteiger partial charge in [-0.15, -0.1) is 0 Å². The molecule has 0 atom stereocenters. The van der Waals surface area contributed by atoms with Crippen LogP contribution in [-0.2, 0) is 0 Å². The van der Waals surface area contributed by atoms with Gasteiger partial charge in [-0.05, 0) is 44.4 Å². The van der Waals surface area contributed by atoms with E-state index in [9.17, 15) is 0 Å². The molecule has 1 aromatic carbocycles. The average Bonchev–Trinajstić information content (AvgIpc) is 3.02. The summed E-state index contributed by atoms with van der Waals surface area (Å²) in [6, 6.07) is 6.08. The first-order valence-corrected chi connectivity index (χ1v) is 9.32. The van der Waals surface area contributed by atoms with E-state index in [1.165, 1.54) is 32.4 Å². The summed E-state index contributed by atoms with van der Waals surface area (Å²) in [4.78, 5) is 14.1. The summed E-state index contributed by atoms with van der Waals surface area (Å²) >= 11 is 0. The first kappa shape index (κ1) is 16.1. The summed E-state index contributed by atoms with van der Waals surface area (Å²) in [6.45, 7) is 7.32. The number of aromatic amines is 1. The smallest absolute Gasteiger partial charge is 0.154 e. The van der Waals surface area contributed by atoms with Gasteiger partial charge in [0.05, 0.1) is 32.8 Å². The fourth-order valence-electron chi connectivity index (χ4n) is 3.72. The molecule has 3 N–H and O–H groups in total. The van der Waals surface area contributed by atoms with Gasteiger partial charge in [0.1, 0.15) is 23.1 Å². The van der Waals surface area contributed by atoms with Crippen LogP contribution >= 0.6 is 0 Å². The minimum atomic E-state index is 0.661. The maximum atomic E-state index is 5.62. The van der Waals surface area contributed by atoms with Crippen molar-refractivity contribution in [2.45, 2.75) is 26.2 Å². The van der Waals surface area contributed by atoms with Gasteiger partial charge >= 0.3 is 0 Å². The third-order valence-corrected chi connectivity index (χ3v) is 5.00. The van der Waals surface area contributed by atoms with Crippen LogP contribution in [0.15, 0.2) is 24.5 Å². The van der Waals surface area contributed by atoms with Crippen molar-refractivity contribution in [2.75, 3.05) is 38.1 Å². The van der Waals surface area contributed by atoms with Gasteiger partial charge in [-0.1, -0.05) is 0 Å². The number of ether oxygens (including phenoxy) is 1. The Labute approximate surface area is 147 Å². The Morgan fingerprint density at radius 1 is 1.20 bits per heavy atom. The number of anilines is 1. The number of nitrogens with zero attached hydrogens (tertiary/aromatic N) is 2. The van der Waals surface area contributed by atoms with E-state index in [0.29, 0.717) is 6.61 Å². The van der Waals surface area contributed by atoms with E-state index in [1.807, 2.05) is 25.1 Å². The van der Waals surface area contributed by atoms with Crippen LogP contribution in [0.4, 0.5) is 5.82 Å². The Kier molecular flexibility index (Phi) is 4.70. The van der Waals surface area contributed by atoms with E-state index in [2.05, 4.69) is 20.3 Å². The minimum absolute atomic E-state index is 0.661. The normalized spacial score (nSPS) is 15.7. The number of benzene rings is 1. The van der Waals surface area contributed by atoms with Crippen LogP contribution in [0.25, 0.3) is 21.9 Å². The Bertz CT molecular complexity index is 854. The molecule has 0 spiro atoms. The summed E-state index contributed by atoms with van der Waals surface area (Å²) in [5, 5.41) is 4.58. The molecule has 4 rings (SSSR count). The van der Waals surface area contributed by atoms with Gasteiger partial charge in [0.25, 0.3) is 0 Å². The average molecular weight is 340 g/mol. The number of aromatic nitrogens is 3. The molecule has 25 heavy (non-hydrogen) atoms. The third kappa shape index (κ3) is 3.39. The van der Waals surface area contributed by atoms with E-state index >= 15 is 0 Å². The molecule has 0 amide bonds. The fraction of sp³-hybridized carbons (Fsp3) is 0.474. The highest BCUT2D eigenvalue weighted by Gasteiger charge is 2.14. The summed E-state index contributed by atoms with van der Waals surface area (Å²) in [5.41, 5.74) is 2.97. The van der Waals surface area contributed by atoms with Crippen LogP contribution < -0.4 is 15.0 Å². The fourth-order valence-corrected chi connectivity index (χ4v) is 3.72. The van der Waals surface area contributed by atoms with Gasteiger partial charge in [0.15, 0.2) is 5.82 Å². The second-order valence-corrected chi connectivity index (χ2v) is 6.70. The number of rotatable bonds is 6. The number of hydrogen-bond acceptors (Lipinski definition) is 4. The Morgan fingerprint density at radius 2 is 2.08 bits per heavy atom. The molecule has 6 heteroatoms. The minimum Gasteiger partial charge on any atom is -0.494 e. The lowest BCUT2D eigenvalue weighted by atomic mass is 10.1. The van der Waals surface area contributed by atoms with Crippen LogP contribution in [0.1, 0.15) is 26.2 Å². The van der Waals surface area contributed by atoms with Crippen LogP contribution in [0.5, 0.6) is 5.75 Å². The molecule has 0 radical (unpaired) electrons. The Hall–Kier alpha value is -2.34. The summed E-state index contributed by atoms with van der Waals surface area (Å²) < 4.78 is 5.62. The molecule has 3 aromatic rings.